The van der Waals surface area contributed by atoms with Crippen molar-refractivity contribution >= 4 is 22.8 Å². The quantitative estimate of drug-likeness (QED) is 0.789. The van der Waals surface area contributed by atoms with E-state index in [9.17, 15) is 4.79 Å². The third-order valence-corrected chi connectivity index (χ3v) is 4.77. The van der Waals surface area contributed by atoms with E-state index < -0.39 is 0 Å². The molecule has 0 radical (unpaired) electrons. The number of nitrogens with zero attached hydrogens (tertiary/aromatic N) is 5. The lowest BCUT2D eigenvalue weighted by Crippen LogP contribution is -2.18. The summed E-state index contributed by atoms with van der Waals surface area (Å²) in [5, 5.41) is 12.6. The summed E-state index contributed by atoms with van der Waals surface area (Å²) in [7, 11) is 0. The summed E-state index contributed by atoms with van der Waals surface area (Å²) in [6.45, 7) is 4.11. The summed E-state index contributed by atoms with van der Waals surface area (Å²) < 4.78 is 3.79. The average Bonchev–Trinajstić information content (AvgIpc) is 3.33. The van der Waals surface area contributed by atoms with Crippen molar-refractivity contribution < 1.29 is 4.79 Å². The van der Waals surface area contributed by atoms with E-state index in [1.165, 1.54) is 12.8 Å². The average molecular weight is 338 g/mol. The fourth-order valence-electron chi connectivity index (χ4n) is 3.48. The predicted molar refractivity (Wildman–Crippen MR) is 95.6 cm³/mol. The number of aromatic nitrogens is 5. The van der Waals surface area contributed by atoms with Crippen molar-refractivity contribution in [3.63, 3.8) is 0 Å². The van der Waals surface area contributed by atoms with Crippen LogP contribution < -0.4 is 5.32 Å². The van der Waals surface area contributed by atoms with E-state index in [0.29, 0.717) is 11.6 Å². The first-order valence-corrected chi connectivity index (χ1v) is 8.81. The topological polar surface area (TPSA) is 77.6 Å². The van der Waals surface area contributed by atoms with Crippen LogP contribution in [0.2, 0.25) is 0 Å². The van der Waals surface area contributed by atoms with Gasteiger partial charge < -0.3 is 5.32 Å². The van der Waals surface area contributed by atoms with E-state index in [1.54, 1.807) is 18.6 Å². The molecule has 3 aromatic heterocycles. The van der Waals surface area contributed by atoms with Crippen LogP contribution in [0.1, 0.15) is 62.0 Å². The normalized spacial score (nSPS) is 15.3. The molecule has 4 rings (SSSR count). The van der Waals surface area contributed by atoms with Gasteiger partial charge in [-0.1, -0.05) is 12.8 Å². The molecule has 7 nitrogen and oxygen atoms in total. The Morgan fingerprint density at radius 2 is 2.04 bits per heavy atom. The lowest BCUT2D eigenvalue weighted by atomic mass is 10.2. The molecule has 0 aliphatic heterocycles. The summed E-state index contributed by atoms with van der Waals surface area (Å²) in [5.41, 5.74) is 1.32. The van der Waals surface area contributed by atoms with Gasteiger partial charge in [0.1, 0.15) is 5.82 Å². The number of nitrogens with one attached hydrogen (secondary N) is 1. The minimum absolute atomic E-state index is 0.175. The molecule has 0 bridgehead atoms. The van der Waals surface area contributed by atoms with Crippen molar-refractivity contribution in [1.29, 1.82) is 0 Å². The Morgan fingerprint density at radius 1 is 1.24 bits per heavy atom. The van der Waals surface area contributed by atoms with Crippen molar-refractivity contribution in [1.82, 2.24) is 24.5 Å². The first kappa shape index (κ1) is 15.8. The molecule has 3 aromatic rings. The van der Waals surface area contributed by atoms with Crippen molar-refractivity contribution in [3.05, 3.63) is 36.3 Å². The van der Waals surface area contributed by atoms with Crippen LogP contribution in [-0.4, -0.2) is 30.5 Å². The van der Waals surface area contributed by atoms with Gasteiger partial charge in [0.2, 0.25) is 0 Å². The monoisotopic (exact) mass is 338 g/mol. The van der Waals surface area contributed by atoms with Gasteiger partial charge >= 0.3 is 0 Å². The lowest BCUT2D eigenvalue weighted by molar-refractivity contribution is 0.102. The number of hydrogen-bond acceptors (Lipinski definition) is 4. The van der Waals surface area contributed by atoms with Gasteiger partial charge in [-0.3, -0.25) is 4.79 Å². The molecule has 0 saturated heterocycles. The van der Waals surface area contributed by atoms with Crippen molar-refractivity contribution in [2.75, 3.05) is 5.32 Å². The van der Waals surface area contributed by atoms with E-state index in [4.69, 9.17) is 0 Å². The summed E-state index contributed by atoms with van der Waals surface area (Å²) in [6.07, 6.45) is 9.77. The molecule has 7 heteroatoms. The molecule has 1 amide bonds. The van der Waals surface area contributed by atoms with Crippen LogP contribution in [0.3, 0.4) is 0 Å². The summed E-state index contributed by atoms with van der Waals surface area (Å²) in [6, 6.07) is 4.29. The van der Waals surface area contributed by atoms with Crippen molar-refractivity contribution in [2.45, 2.75) is 51.6 Å². The van der Waals surface area contributed by atoms with E-state index in [0.717, 1.165) is 29.7 Å². The Morgan fingerprint density at radius 3 is 2.80 bits per heavy atom. The molecule has 1 aliphatic rings. The smallest absolute Gasteiger partial charge is 0.258 e. The molecule has 1 aliphatic carbocycles. The number of hydrogen-bond donors (Lipinski definition) is 1. The van der Waals surface area contributed by atoms with Gasteiger partial charge in [0.25, 0.3) is 5.91 Å². The van der Waals surface area contributed by atoms with Crippen LogP contribution >= 0.6 is 0 Å². The molecular weight excluding hydrogens is 316 g/mol. The second-order valence-corrected chi connectivity index (χ2v) is 6.87. The zero-order valence-electron chi connectivity index (χ0n) is 14.5. The van der Waals surface area contributed by atoms with E-state index in [1.807, 2.05) is 21.5 Å². The summed E-state index contributed by atoms with van der Waals surface area (Å²) in [5.74, 6) is 0.571. The predicted octanol–water partition coefficient (Wildman–Crippen LogP) is 3.58. The van der Waals surface area contributed by atoms with E-state index >= 15 is 0 Å². The van der Waals surface area contributed by atoms with Gasteiger partial charge in [-0.25, -0.2) is 14.3 Å². The van der Waals surface area contributed by atoms with E-state index in [-0.39, 0.29) is 11.9 Å². The van der Waals surface area contributed by atoms with Gasteiger partial charge in [0.05, 0.1) is 24.0 Å². The Labute approximate surface area is 146 Å². The molecule has 3 heterocycles. The van der Waals surface area contributed by atoms with Gasteiger partial charge in [-0.2, -0.15) is 10.2 Å². The molecule has 0 unspecified atom stereocenters. The lowest BCUT2D eigenvalue weighted by Gasteiger charge is -2.14. The number of amides is 1. The maximum atomic E-state index is 12.6. The van der Waals surface area contributed by atoms with Crippen LogP contribution in [0.5, 0.6) is 0 Å². The highest BCUT2D eigenvalue weighted by Gasteiger charge is 2.21. The molecule has 1 saturated carbocycles. The minimum atomic E-state index is -0.175. The number of fused-ring (bicyclic) bond motifs is 1. The van der Waals surface area contributed by atoms with Crippen LogP contribution in [0.15, 0.2) is 30.7 Å². The molecule has 0 atom stereocenters. The fourth-order valence-corrected chi connectivity index (χ4v) is 3.48. The highest BCUT2D eigenvalue weighted by molar-refractivity contribution is 6.05. The Hall–Kier alpha value is -2.70. The first-order valence-electron chi connectivity index (χ1n) is 8.81. The first-order chi connectivity index (χ1) is 12.1. The molecule has 1 N–H and O–H groups in total. The number of anilines is 1. The van der Waals surface area contributed by atoms with Crippen LogP contribution in [0.25, 0.3) is 11.0 Å². The third-order valence-electron chi connectivity index (χ3n) is 4.77. The van der Waals surface area contributed by atoms with Crippen LogP contribution in [-0.2, 0) is 0 Å². The number of pyridine rings is 1. The van der Waals surface area contributed by atoms with Gasteiger partial charge in [0.15, 0.2) is 5.65 Å². The minimum Gasteiger partial charge on any atom is -0.307 e. The number of carbonyl (C=O) groups excluding carboxylic acids is 1. The van der Waals surface area contributed by atoms with Gasteiger partial charge in [-0.15, -0.1) is 0 Å². The second kappa shape index (κ2) is 6.31. The maximum Gasteiger partial charge on any atom is 0.258 e. The molecular formula is C18H22N6O. The molecule has 0 aromatic carbocycles. The summed E-state index contributed by atoms with van der Waals surface area (Å²) >= 11 is 0. The Bertz CT molecular complexity index is 903. The number of carbonyl (C=O) groups is 1. The van der Waals surface area contributed by atoms with Crippen LogP contribution in [0, 0.1) is 0 Å². The maximum absolute atomic E-state index is 12.6. The SMILES string of the molecule is CC(C)n1ncc2cc(C(=O)Nc3ccnn3C3CCCC3)cnc21. The largest absolute Gasteiger partial charge is 0.307 e. The highest BCUT2D eigenvalue weighted by Crippen LogP contribution is 2.31. The molecule has 130 valence electrons. The zero-order chi connectivity index (χ0) is 17.4. The Kier molecular flexibility index (Phi) is 3.99. The summed E-state index contributed by atoms with van der Waals surface area (Å²) in [4.78, 5) is 17.1. The van der Waals surface area contributed by atoms with Crippen molar-refractivity contribution in [3.8, 4) is 0 Å². The highest BCUT2D eigenvalue weighted by atomic mass is 16.1. The molecule has 25 heavy (non-hydrogen) atoms. The molecule has 0 spiro atoms. The number of rotatable bonds is 4. The Balaban J connectivity index is 1.57. The fraction of sp³-hybridized carbons (Fsp3) is 0.444. The zero-order valence-corrected chi connectivity index (χ0v) is 14.5. The van der Waals surface area contributed by atoms with E-state index in [2.05, 4.69) is 34.3 Å². The van der Waals surface area contributed by atoms with Gasteiger partial charge in [-0.05, 0) is 32.8 Å². The standard InChI is InChI=1S/C18H22N6O/c1-12(2)23-17-13(11-21-23)9-14(10-19-17)18(25)22-16-7-8-20-24(16)15-5-3-4-6-15/h7-12,15H,3-6H2,1-2H3,(H,22,25). The second-order valence-electron chi connectivity index (χ2n) is 6.87. The van der Waals surface area contributed by atoms with Gasteiger partial charge in [0, 0.05) is 23.7 Å². The molecule has 1 fully saturated rings. The van der Waals surface area contributed by atoms with Crippen LogP contribution in [0.4, 0.5) is 5.82 Å². The third kappa shape index (κ3) is 2.90. The van der Waals surface area contributed by atoms with Crippen molar-refractivity contribution in [2.24, 2.45) is 0 Å².